The molecule has 3 aromatic rings. The molecule has 0 radical (unpaired) electrons. The molecule has 3 rings (SSSR count). The molecule has 0 atom stereocenters. The Bertz CT molecular complexity index is 704. The average molecular weight is 252 g/mol. The Morgan fingerprint density at radius 3 is 2.74 bits per heavy atom. The predicted octanol–water partition coefficient (Wildman–Crippen LogP) is 1.52. The molecule has 0 amide bonds. The standard InChI is InChI=1S/C13H12N6/c1-19-8-9(7-16-19)11-6-12(14)18-13(17-11)10-4-2-3-5-15-10/h2-8H,1H3,(H2,14,17,18). The Morgan fingerprint density at radius 1 is 1.16 bits per heavy atom. The summed E-state index contributed by atoms with van der Waals surface area (Å²) in [5.41, 5.74) is 8.16. The zero-order chi connectivity index (χ0) is 13.2. The molecule has 2 N–H and O–H groups in total. The highest BCUT2D eigenvalue weighted by atomic mass is 15.2. The van der Waals surface area contributed by atoms with Gasteiger partial charge in [-0.05, 0) is 12.1 Å². The van der Waals surface area contributed by atoms with E-state index in [9.17, 15) is 0 Å². The van der Waals surface area contributed by atoms with Gasteiger partial charge >= 0.3 is 0 Å². The fraction of sp³-hybridized carbons (Fsp3) is 0.0769. The van der Waals surface area contributed by atoms with Gasteiger partial charge in [0, 0.05) is 31.1 Å². The van der Waals surface area contributed by atoms with Crippen molar-refractivity contribution in [1.82, 2.24) is 24.7 Å². The lowest BCUT2D eigenvalue weighted by molar-refractivity contribution is 0.768. The van der Waals surface area contributed by atoms with E-state index in [4.69, 9.17) is 5.73 Å². The third-order valence-electron chi connectivity index (χ3n) is 2.64. The van der Waals surface area contributed by atoms with Crippen LogP contribution in [0.1, 0.15) is 0 Å². The fourth-order valence-electron chi connectivity index (χ4n) is 1.78. The van der Waals surface area contributed by atoms with Crippen LogP contribution in [0.4, 0.5) is 5.82 Å². The highest BCUT2D eigenvalue weighted by molar-refractivity contribution is 5.64. The van der Waals surface area contributed by atoms with Crippen molar-refractivity contribution in [2.24, 2.45) is 7.05 Å². The predicted molar refractivity (Wildman–Crippen MR) is 71.9 cm³/mol. The number of pyridine rings is 1. The van der Waals surface area contributed by atoms with Crippen molar-refractivity contribution in [2.75, 3.05) is 5.73 Å². The molecular formula is C13H12N6. The first kappa shape index (κ1) is 11.3. The van der Waals surface area contributed by atoms with Crippen molar-refractivity contribution in [3.63, 3.8) is 0 Å². The van der Waals surface area contributed by atoms with Crippen LogP contribution in [0.2, 0.25) is 0 Å². The van der Waals surface area contributed by atoms with Gasteiger partial charge in [0.2, 0.25) is 0 Å². The number of nitrogens with zero attached hydrogens (tertiary/aromatic N) is 5. The SMILES string of the molecule is Cn1cc(-c2cc(N)nc(-c3ccccn3)n2)cn1. The Hall–Kier alpha value is -2.76. The molecule has 6 nitrogen and oxygen atoms in total. The summed E-state index contributed by atoms with van der Waals surface area (Å²) in [4.78, 5) is 12.9. The fourth-order valence-corrected chi connectivity index (χ4v) is 1.78. The molecular weight excluding hydrogens is 240 g/mol. The second-order valence-corrected chi connectivity index (χ2v) is 4.12. The maximum atomic E-state index is 5.83. The molecule has 0 bridgehead atoms. The van der Waals surface area contributed by atoms with E-state index < -0.39 is 0 Å². The Balaban J connectivity index is 2.11. The quantitative estimate of drug-likeness (QED) is 0.747. The first-order valence-electron chi connectivity index (χ1n) is 5.77. The molecule has 0 spiro atoms. The second-order valence-electron chi connectivity index (χ2n) is 4.12. The van der Waals surface area contributed by atoms with Gasteiger partial charge in [-0.25, -0.2) is 9.97 Å². The zero-order valence-corrected chi connectivity index (χ0v) is 10.4. The van der Waals surface area contributed by atoms with Gasteiger partial charge in [-0.3, -0.25) is 9.67 Å². The third-order valence-corrected chi connectivity index (χ3v) is 2.64. The van der Waals surface area contributed by atoms with Gasteiger partial charge in [-0.2, -0.15) is 5.10 Å². The van der Waals surface area contributed by atoms with Gasteiger partial charge in [-0.15, -0.1) is 0 Å². The summed E-state index contributed by atoms with van der Waals surface area (Å²) in [6.07, 6.45) is 5.32. The van der Waals surface area contributed by atoms with Crippen LogP contribution in [0.15, 0.2) is 42.9 Å². The summed E-state index contributed by atoms with van der Waals surface area (Å²) in [6.45, 7) is 0. The maximum absolute atomic E-state index is 5.83. The normalized spacial score (nSPS) is 10.6. The van der Waals surface area contributed by atoms with E-state index in [-0.39, 0.29) is 0 Å². The maximum Gasteiger partial charge on any atom is 0.180 e. The van der Waals surface area contributed by atoms with E-state index in [1.165, 1.54) is 0 Å². The number of nitrogen functional groups attached to an aromatic ring is 1. The van der Waals surface area contributed by atoms with Crippen LogP contribution in [0.25, 0.3) is 22.8 Å². The van der Waals surface area contributed by atoms with Crippen LogP contribution in [0, 0.1) is 0 Å². The van der Waals surface area contributed by atoms with Crippen molar-refractivity contribution in [3.05, 3.63) is 42.9 Å². The van der Waals surface area contributed by atoms with E-state index in [1.807, 2.05) is 31.4 Å². The second kappa shape index (κ2) is 4.49. The van der Waals surface area contributed by atoms with Gasteiger partial charge < -0.3 is 5.73 Å². The number of rotatable bonds is 2. The van der Waals surface area contributed by atoms with Gasteiger partial charge in [-0.1, -0.05) is 6.07 Å². The van der Waals surface area contributed by atoms with Crippen molar-refractivity contribution >= 4 is 5.82 Å². The van der Waals surface area contributed by atoms with Crippen LogP contribution in [0.3, 0.4) is 0 Å². The molecule has 0 aliphatic heterocycles. The van der Waals surface area contributed by atoms with Gasteiger partial charge in [0.15, 0.2) is 5.82 Å². The average Bonchev–Trinajstić information content (AvgIpc) is 2.86. The van der Waals surface area contributed by atoms with E-state index >= 15 is 0 Å². The van der Waals surface area contributed by atoms with E-state index in [1.54, 1.807) is 23.1 Å². The van der Waals surface area contributed by atoms with Crippen LogP contribution in [-0.4, -0.2) is 24.7 Å². The number of aryl methyl sites for hydroxylation is 1. The van der Waals surface area contributed by atoms with Crippen LogP contribution < -0.4 is 5.73 Å². The molecule has 0 fully saturated rings. The third kappa shape index (κ3) is 2.28. The molecule has 0 saturated heterocycles. The summed E-state index contributed by atoms with van der Waals surface area (Å²) in [7, 11) is 1.85. The summed E-state index contributed by atoms with van der Waals surface area (Å²) in [6, 6.07) is 7.31. The van der Waals surface area contributed by atoms with Gasteiger partial charge in [0.05, 0.1) is 11.9 Å². The van der Waals surface area contributed by atoms with Gasteiger partial charge in [0.25, 0.3) is 0 Å². The van der Waals surface area contributed by atoms with Gasteiger partial charge in [0.1, 0.15) is 11.5 Å². The summed E-state index contributed by atoms with van der Waals surface area (Å²) in [5, 5.41) is 4.12. The van der Waals surface area contributed by atoms with Crippen LogP contribution in [0.5, 0.6) is 0 Å². The largest absolute Gasteiger partial charge is 0.384 e. The van der Waals surface area contributed by atoms with Crippen LogP contribution >= 0.6 is 0 Å². The summed E-state index contributed by atoms with van der Waals surface area (Å²) in [5.74, 6) is 0.925. The number of anilines is 1. The molecule has 94 valence electrons. The highest BCUT2D eigenvalue weighted by Gasteiger charge is 2.09. The van der Waals surface area contributed by atoms with Crippen molar-refractivity contribution in [3.8, 4) is 22.8 Å². The summed E-state index contributed by atoms with van der Waals surface area (Å²) >= 11 is 0. The smallest absolute Gasteiger partial charge is 0.180 e. The number of hydrogen-bond acceptors (Lipinski definition) is 5. The topological polar surface area (TPSA) is 82.5 Å². The zero-order valence-electron chi connectivity index (χ0n) is 10.4. The number of nitrogens with two attached hydrogens (primary N) is 1. The molecule has 0 saturated carbocycles. The molecule has 3 heterocycles. The minimum Gasteiger partial charge on any atom is -0.384 e. The molecule has 0 aliphatic rings. The van der Waals surface area contributed by atoms with E-state index in [0.717, 1.165) is 11.3 Å². The molecule has 0 aromatic carbocycles. The Morgan fingerprint density at radius 2 is 2.05 bits per heavy atom. The lowest BCUT2D eigenvalue weighted by atomic mass is 10.2. The lowest BCUT2D eigenvalue weighted by Gasteiger charge is -2.03. The molecule has 0 aliphatic carbocycles. The number of hydrogen-bond donors (Lipinski definition) is 1. The van der Waals surface area contributed by atoms with Crippen LogP contribution in [-0.2, 0) is 7.05 Å². The molecule has 0 unspecified atom stereocenters. The number of aromatic nitrogens is 5. The van der Waals surface area contributed by atoms with Crippen molar-refractivity contribution in [1.29, 1.82) is 0 Å². The minimum atomic E-state index is 0.412. The molecule has 19 heavy (non-hydrogen) atoms. The van der Waals surface area contributed by atoms with Crippen molar-refractivity contribution in [2.45, 2.75) is 0 Å². The minimum absolute atomic E-state index is 0.412. The first-order chi connectivity index (χ1) is 9.22. The first-order valence-corrected chi connectivity index (χ1v) is 5.77. The summed E-state index contributed by atoms with van der Waals surface area (Å²) < 4.78 is 1.72. The molecule has 6 heteroatoms. The monoisotopic (exact) mass is 252 g/mol. The lowest BCUT2D eigenvalue weighted by Crippen LogP contribution is -1.98. The van der Waals surface area contributed by atoms with E-state index in [2.05, 4.69) is 20.1 Å². The van der Waals surface area contributed by atoms with Crippen molar-refractivity contribution < 1.29 is 0 Å². The Labute approximate surface area is 110 Å². The van der Waals surface area contributed by atoms with E-state index in [0.29, 0.717) is 17.3 Å². The highest BCUT2D eigenvalue weighted by Crippen LogP contribution is 2.21. The molecule has 3 aromatic heterocycles. The Kier molecular flexibility index (Phi) is 2.68.